The standard InChI is InChI=1S/C23H20Cl2N4O/c24-15-10-11-17(18(25)13-15)20-14-28-22(27-20)21(19-9-5-2-6-12-26-19)23(30)29(28)16-7-3-1-4-8-16/h1,3-4,7-8,10-11,13-14,26H,2,5-6,9,12H2/b21-19-. The van der Waals surface area contributed by atoms with Crippen molar-refractivity contribution >= 4 is 34.5 Å². The van der Waals surface area contributed by atoms with Crippen molar-refractivity contribution in [3.63, 3.8) is 0 Å². The SMILES string of the molecule is O=c1/c(=C2/CCCCCN2)c2nc(-c3ccc(Cl)cc3Cl)cn2n1-c1ccccc1. The third-order valence-electron chi connectivity index (χ3n) is 5.48. The number of para-hydroxylation sites is 1. The number of aromatic nitrogens is 3. The zero-order valence-corrected chi connectivity index (χ0v) is 17.7. The fraction of sp³-hybridized carbons (Fsp3) is 0.217. The third kappa shape index (κ3) is 3.28. The Morgan fingerprint density at radius 3 is 2.63 bits per heavy atom. The molecule has 0 aliphatic carbocycles. The Kier molecular flexibility index (Phi) is 5.01. The van der Waals surface area contributed by atoms with Gasteiger partial charge in [-0.25, -0.2) is 14.2 Å². The van der Waals surface area contributed by atoms with E-state index in [9.17, 15) is 4.79 Å². The second-order valence-electron chi connectivity index (χ2n) is 7.46. The molecular weight excluding hydrogens is 419 g/mol. The van der Waals surface area contributed by atoms with Gasteiger partial charge in [-0.3, -0.25) is 4.79 Å². The van der Waals surface area contributed by atoms with E-state index < -0.39 is 0 Å². The van der Waals surface area contributed by atoms with Gasteiger partial charge >= 0.3 is 0 Å². The van der Waals surface area contributed by atoms with Crippen LogP contribution in [-0.2, 0) is 0 Å². The Bertz CT molecular complexity index is 1330. The molecule has 0 radical (unpaired) electrons. The first-order valence-electron chi connectivity index (χ1n) is 10.1. The van der Waals surface area contributed by atoms with E-state index in [1.807, 2.05) is 47.1 Å². The summed E-state index contributed by atoms with van der Waals surface area (Å²) in [6, 6.07) is 15.0. The lowest BCUT2D eigenvalue weighted by atomic mass is 10.1. The molecule has 1 aliphatic heterocycles. The van der Waals surface area contributed by atoms with Gasteiger partial charge in [0.2, 0.25) is 0 Å². The number of fused-ring (bicyclic) bond motifs is 1. The summed E-state index contributed by atoms with van der Waals surface area (Å²) < 4.78 is 3.50. The first-order valence-corrected chi connectivity index (χ1v) is 10.8. The van der Waals surface area contributed by atoms with Crippen molar-refractivity contribution < 1.29 is 0 Å². The molecule has 0 spiro atoms. The van der Waals surface area contributed by atoms with Crippen LogP contribution in [0.4, 0.5) is 0 Å². The van der Waals surface area contributed by atoms with E-state index in [0.29, 0.717) is 26.6 Å². The van der Waals surface area contributed by atoms with E-state index in [2.05, 4.69) is 5.32 Å². The predicted molar refractivity (Wildman–Crippen MR) is 121 cm³/mol. The number of halogens is 2. The normalized spacial score (nSPS) is 16.5. The van der Waals surface area contributed by atoms with Gasteiger partial charge in [0.05, 0.1) is 22.6 Å². The molecule has 1 saturated heterocycles. The monoisotopic (exact) mass is 438 g/mol. The van der Waals surface area contributed by atoms with Crippen LogP contribution in [-0.4, -0.2) is 20.7 Å². The minimum Gasteiger partial charge on any atom is -0.388 e. The molecule has 4 aromatic rings. The number of hydrogen-bond acceptors (Lipinski definition) is 3. The van der Waals surface area contributed by atoms with Gasteiger partial charge < -0.3 is 5.32 Å². The van der Waals surface area contributed by atoms with Gasteiger partial charge in [-0.1, -0.05) is 47.8 Å². The molecule has 0 unspecified atom stereocenters. The predicted octanol–water partition coefficient (Wildman–Crippen LogP) is 4.45. The van der Waals surface area contributed by atoms with Crippen LogP contribution in [0.15, 0.2) is 59.5 Å². The first-order chi connectivity index (χ1) is 14.6. The molecule has 1 fully saturated rings. The summed E-state index contributed by atoms with van der Waals surface area (Å²) in [6.07, 6.45) is 6.02. The zero-order chi connectivity index (χ0) is 20.7. The van der Waals surface area contributed by atoms with Crippen LogP contribution >= 0.6 is 23.2 Å². The second kappa shape index (κ2) is 7.82. The smallest absolute Gasteiger partial charge is 0.283 e. The van der Waals surface area contributed by atoms with Crippen LogP contribution in [0.25, 0.3) is 28.3 Å². The quantitative estimate of drug-likeness (QED) is 0.502. The molecule has 1 N–H and O–H groups in total. The molecule has 3 heterocycles. The molecule has 5 nitrogen and oxygen atoms in total. The van der Waals surface area contributed by atoms with Gasteiger partial charge in [-0.05, 0) is 49.6 Å². The number of hydrogen-bond donors (Lipinski definition) is 1. The van der Waals surface area contributed by atoms with E-state index in [0.717, 1.165) is 49.2 Å². The maximum atomic E-state index is 13.5. The van der Waals surface area contributed by atoms with Crippen LogP contribution in [0.5, 0.6) is 0 Å². The van der Waals surface area contributed by atoms with Crippen molar-refractivity contribution in [1.29, 1.82) is 0 Å². The van der Waals surface area contributed by atoms with Gasteiger partial charge in [0, 0.05) is 22.8 Å². The molecule has 30 heavy (non-hydrogen) atoms. The van der Waals surface area contributed by atoms with Crippen LogP contribution in [0.1, 0.15) is 25.7 Å². The molecule has 7 heteroatoms. The average molecular weight is 439 g/mol. The highest BCUT2D eigenvalue weighted by atomic mass is 35.5. The topological polar surface area (TPSA) is 51.3 Å². The lowest BCUT2D eigenvalue weighted by Crippen LogP contribution is -2.33. The van der Waals surface area contributed by atoms with Crippen molar-refractivity contribution in [3.05, 3.63) is 80.3 Å². The minimum atomic E-state index is -0.0677. The summed E-state index contributed by atoms with van der Waals surface area (Å²) in [5.74, 6) is 0. The number of rotatable bonds is 2. The largest absolute Gasteiger partial charge is 0.388 e. The highest BCUT2D eigenvalue weighted by molar-refractivity contribution is 6.36. The molecule has 0 atom stereocenters. The fourth-order valence-corrected chi connectivity index (χ4v) is 4.55. The molecule has 0 amide bonds. The average Bonchev–Trinajstić information content (AvgIpc) is 3.11. The Morgan fingerprint density at radius 2 is 1.83 bits per heavy atom. The van der Waals surface area contributed by atoms with Crippen molar-refractivity contribution in [2.24, 2.45) is 0 Å². The minimum absolute atomic E-state index is 0.0677. The maximum absolute atomic E-state index is 13.5. The summed E-state index contributed by atoms with van der Waals surface area (Å²) in [4.78, 5) is 18.4. The Labute approximate surface area is 183 Å². The van der Waals surface area contributed by atoms with E-state index in [1.54, 1.807) is 16.8 Å². The molecular formula is C23H20Cl2N4O. The van der Waals surface area contributed by atoms with Gasteiger partial charge in [0.1, 0.15) is 5.22 Å². The molecule has 2 aromatic carbocycles. The number of nitrogens with one attached hydrogen (secondary N) is 1. The summed E-state index contributed by atoms with van der Waals surface area (Å²) in [7, 11) is 0. The number of nitrogens with zero attached hydrogens (tertiary/aromatic N) is 3. The Hall–Kier alpha value is -2.76. The fourth-order valence-electron chi connectivity index (χ4n) is 4.04. The molecule has 152 valence electrons. The summed E-state index contributed by atoms with van der Waals surface area (Å²) in [5.41, 5.74) is 3.81. The number of benzene rings is 2. The van der Waals surface area contributed by atoms with Crippen molar-refractivity contribution in [2.75, 3.05) is 6.54 Å². The lowest BCUT2D eigenvalue weighted by Gasteiger charge is -2.04. The molecule has 5 rings (SSSR count). The molecule has 2 aromatic heterocycles. The van der Waals surface area contributed by atoms with Crippen molar-refractivity contribution in [2.45, 2.75) is 25.7 Å². The van der Waals surface area contributed by atoms with Gasteiger partial charge in [0.25, 0.3) is 5.56 Å². The molecule has 0 bridgehead atoms. The Morgan fingerprint density at radius 1 is 1.00 bits per heavy atom. The second-order valence-corrected chi connectivity index (χ2v) is 8.31. The van der Waals surface area contributed by atoms with Gasteiger partial charge in [-0.2, -0.15) is 0 Å². The highest BCUT2D eigenvalue weighted by Gasteiger charge is 2.20. The lowest BCUT2D eigenvalue weighted by molar-refractivity contribution is 0.721. The third-order valence-corrected chi connectivity index (χ3v) is 6.03. The van der Waals surface area contributed by atoms with Crippen LogP contribution in [0, 0.1) is 0 Å². The highest BCUT2D eigenvalue weighted by Crippen LogP contribution is 2.29. The molecule has 1 aliphatic rings. The summed E-state index contributed by atoms with van der Waals surface area (Å²) >= 11 is 12.5. The summed E-state index contributed by atoms with van der Waals surface area (Å²) in [6.45, 7) is 0.869. The van der Waals surface area contributed by atoms with Crippen molar-refractivity contribution in [3.8, 4) is 16.9 Å². The Balaban J connectivity index is 1.83. The van der Waals surface area contributed by atoms with E-state index in [4.69, 9.17) is 28.2 Å². The zero-order valence-electron chi connectivity index (χ0n) is 16.2. The summed E-state index contributed by atoms with van der Waals surface area (Å²) in [5, 5.41) is 5.20. The van der Waals surface area contributed by atoms with E-state index in [-0.39, 0.29) is 5.56 Å². The maximum Gasteiger partial charge on any atom is 0.283 e. The molecule has 0 saturated carbocycles. The van der Waals surface area contributed by atoms with Crippen LogP contribution in [0.3, 0.4) is 0 Å². The number of imidazole rings is 1. The van der Waals surface area contributed by atoms with Gasteiger partial charge in [0.15, 0.2) is 5.65 Å². The van der Waals surface area contributed by atoms with Crippen LogP contribution in [0.2, 0.25) is 10.0 Å². The van der Waals surface area contributed by atoms with Crippen LogP contribution < -0.4 is 16.1 Å². The van der Waals surface area contributed by atoms with Crippen molar-refractivity contribution in [1.82, 2.24) is 19.5 Å². The van der Waals surface area contributed by atoms with Gasteiger partial charge in [-0.15, -0.1) is 0 Å². The van der Waals surface area contributed by atoms with E-state index in [1.165, 1.54) is 0 Å². The van der Waals surface area contributed by atoms with E-state index >= 15 is 0 Å². The first kappa shape index (κ1) is 19.2.